The van der Waals surface area contributed by atoms with Gasteiger partial charge in [-0.1, -0.05) is 0 Å². The maximum atomic E-state index is 11.5. The molecule has 0 aromatic heterocycles. The summed E-state index contributed by atoms with van der Waals surface area (Å²) in [5.41, 5.74) is 0.404. The first-order valence-electron chi connectivity index (χ1n) is 4.74. The number of amides is 1. The molecule has 3 N–H and O–H groups in total. The van der Waals surface area contributed by atoms with Crippen molar-refractivity contribution < 1.29 is 13.2 Å². The quantitative estimate of drug-likeness (QED) is 0.807. The monoisotopic (exact) mass is 242 g/mol. The van der Waals surface area contributed by atoms with E-state index in [9.17, 15) is 13.2 Å². The molecule has 88 valence electrons. The number of rotatable bonds is 3. The predicted molar refractivity (Wildman–Crippen MR) is 60.4 cm³/mol. The number of nitrogens with one attached hydrogen (secondary N) is 1. The Labute approximate surface area is 94.7 Å². The van der Waals surface area contributed by atoms with E-state index in [1.54, 1.807) is 0 Å². The van der Waals surface area contributed by atoms with E-state index in [0.717, 1.165) is 0 Å². The molecular weight excluding hydrogens is 228 g/mol. The minimum atomic E-state index is -3.70. The second-order valence-electron chi connectivity index (χ2n) is 3.70. The standard InChI is InChI=1S/C10H14N2O3S/c1-7(2)12-10(13)8-3-5-9(6-4-8)16(11,14)15/h3-7H,1-2H3,(H,12,13)(H2,11,14,15). The number of carbonyl (C=O) groups excluding carboxylic acids is 1. The number of sulfonamides is 1. The lowest BCUT2D eigenvalue weighted by Gasteiger charge is -2.08. The van der Waals surface area contributed by atoms with Gasteiger partial charge in [0.15, 0.2) is 0 Å². The van der Waals surface area contributed by atoms with Crippen LogP contribution in [-0.4, -0.2) is 20.4 Å². The molecule has 6 heteroatoms. The highest BCUT2D eigenvalue weighted by Gasteiger charge is 2.10. The highest BCUT2D eigenvalue weighted by Crippen LogP contribution is 2.08. The van der Waals surface area contributed by atoms with Crippen LogP contribution in [0.5, 0.6) is 0 Å². The van der Waals surface area contributed by atoms with Gasteiger partial charge in [0.1, 0.15) is 0 Å². The summed E-state index contributed by atoms with van der Waals surface area (Å²) in [7, 11) is -3.70. The van der Waals surface area contributed by atoms with Crippen LogP contribution in [0.2, 0.25) is 0 Å². The van der Waals surface area contributed by atoms with Crippen molar-refractivity contribution in [1.29, 1.82) is 0 Å². The van der Waals surface area contributed by atoms with Crippen molar-refractivity contribution in [3.8, 4) is 0 Å². The van der Waals surface area contributed by atoms with E-state index in [-0.39, 0.29) is 16.8 Å². The van der Waals surface area contributed by atoms with Gasteiger partial charge >= 0.3 is 0 Å². The summed E-state index contributed by atoms with van der Waals surface area (Å²) in [6.45, 7) is 3.69. The van der Waals surface area contributed by atoms with Crippen LogP contribution in [0.25, 0.3) is 0 Å². The minimum absolute atomic E-state index is 0.00593. The Morgan fingerprint density at radius 3 is 2.12 bits per heavy atom. The molecule has 0 spiro atoms. The maximum Gasteiger partial charge on any atom is 0.251 e. The number of carbonyl (C=O) groups is 1. The number of hydrogen-bond donors (Lipinski definition) is 2. The van der Waals surface area contributed by atoms with Gasteiger partial charge < -0.3 is 5.32 Å². The van der Waals surface area contributed by atoms with Crippen molar-refractivity contribution >= 4 is 15.9 Å². The zero-order valence-electron chi connectivity index (χ0n) is 9.10. The maximum absolute atomic E-state index is 11.5. The Balaban J connectivity index is 2.92. The number of hydrogen-bond acceptors (Lipinski definition) is 3. The average Bonchev–Trinajstić information content (AvgIpc) is 2.15. The van der Waals surface area contributed by atoms with Gasteiger partial charge in [-0.15, -0.1) is 0 Å². The van der Waals surface area contributed by atoms with Crippen LogP contribution >= 0.6 is 0 Å². The molecule has 0 fully saturated rings. The summed E-state index contributed by atoms with van der Waals surface area (Å²) in [6, 6.07) is 5.51. The van der Waals surface area contributed by atoms with Crippen molar-refractivity contribution in [2.45, 2.75) is 24.8 Å². The fraction of sp³-hybridized carbons (Fsp3) is 0.300. The molecule has 16 heavy (non-hydrogen) atoms. The molecule has 0 saturated heterocycles. The van der Waals surface area contributed by atoms with Gasteiger partial charge in [-0.2, -0.15) is 0 Å². The molecule has 1 amide bonds. The third kappa shape index (κ3) is 3.32. The van der Waals surface area contributed by atoms with E-state index in [0.29, 0.717) is 5.56 Å². The van der Waals surface area contributed by atoms with Gasteiger partial charge in [-0.05, 0) is 38.1 Å². The largest absolute Gasteiger partial charge is 0.350 e. The van der Waals surface area contributed by atoms with Gasteiger partial charge in [0, 0.05) is 11.6 Å². The highest BCUT2D eigenvalue weighted by atomic mass is 32.2. The summed E-state index contributed by atoms with van der Waals surface area (Å²) in [4.78, 5) is 11.5. The minimum Gasteiger partial charge on any atom is -0.350 e. The molecule has 0 unspecified atom stereocenters. The topological polar surface area (TPSA) is 89.3 Å². The fourth-order valence-electron chi connectivity index (χ4n) is 1.14. The number of primary sulfonamides is 1. The molecule has 5 nitrogen and oxygen atoms in total. The fourth-order valence-corrected chi connectivity index (χ4v) is 1.66. The molecule has 0 saturated carbocycles. The molecule has 1 aromatic carbocycles. The first kappa shape index (κ1) is 12.7. The second kappa shape index (κ2) is 4.63. The molecule has 0 atom stereocenters. The normalized spacial score (nSPS) is 11.5. The lowest BCUT2D eigenvalue weighted by Crippen LogP contribution is -2.30. The zero-order chi connectivity index (χ0) is 12.3. The molecule has 1 aromatic rings. The van der Waals surface area contributed by atoms with E-state index < -0.39 is 10.0 Å². The molecule has 0 heterocycles. The average molecular weight is 242 g/mol. The Morgan fingerprint density at radius 2 is 1.75 bits per heavy atom. The van der Waals surface area contributed by atoms with Crippen molar-refractivity contribution in [3.63, 3.8) is 0 Å². The van der Waals surface area contributed by atoms with E-state index in [4.69, 9.17) is 5.14 Å². The number of benzene rings is 1. The van der Waals surface area contributed by atoms with Crippen LogP contribution in [0.15, 0.2) is 29.2 Å². The first-order valence-corrected chi connectivity index (χ1v) is 6.29. The Hall–Kier alpha value is -1.40. The summed E-state index contributed by atoms with van der Waals surface area (Å²) in [5.74, 6) is -0.240. The van der Waals surface area contributed by atoms with E-state index >= 15 is 0 Å². The molecule has 0 aliphatic heterocycles. The van der Waals surface area contributed by atoms with Crippen LogP contribution in [0.1, 0.15) is 24.2 Å². The van der Waals surface area contributed by atoms with Crippen molar-refractivity contribution in [2.75, 3.05) is 0 Å². The third-order valence-corrected chi connectivity index (χ3v) is 2.79. The molecule has 0 radical (unpaired) electrons. The second-order valence-corrected chi connectivity index (χ2v) is 5.26. The Bertz CT molecular complexity index is 477. The highest BCUT2D eigenvalue weighted by molar-refractivity contribution is 7.89. The molecular formula is C10H14N2O3S. The number of nitrogens with two attached hydrogens (primary N) is 1. The van der Waals surface area contributed by atoms with Crippen LogP contribution in [0, 0.1) is 0 Å². The summed E-state index contributed by atoms with van der Waals surface area (Å²) in [6.07, 6.45) is 0. The SMILES string of the molecule is CC(C)NC(=O)c1ccc(S(N)(=O)=O)cc1. The molecule has 0 aliphatic carbocycles. The van der Waals surface area contributed by atoms with Gasteiger partial charge in [0.2, 0.25) is 10.0 Å². The molecule has 0 bridgehead atoms. The van der Waals surface area contributed by atoms with E-state index in [1.807, 2.05) is 13.8 Å². The van der Waals surface area contributed by atoms with Crippen LogP contribution in [0.3, 0.4) is 0 Å². The van der Waals surface area contributed by atoms with Crippen LogP contribution in [0.4, 0.5) is 0 Å². The molecule has 0 aliphatic rings. The van der Waals surface area contributed by atoms with Gasteiger partial charge in [-0.25, -0.2) is 13.6 Å². The zero-order valence-corrected chi connectivity index (χ0v) is 9.91. The van der Waals surface area contributed by atoms with Gasteiger partial charge in [0.05, 0.1) is 4.90 Å². The summed E-state index contributed by atoms with van der Waals surface area (Å²) in [5, 5.41) is 7.63. The molecule has 1 rings (SSSR count). The lowest BCUT2D eigenvalue weighted by molar-refractivity contribution is 0.0943. The summed E-state index contributed by atoms with van der Waals surface area (Å²) >= 11 is 0. The van der Waals surface area contributed by atoms with E-state index in [1.165, 1.54) is 24.3 Å². The Kier molecular flexibility index (Phi) is 3.66. The van der Waals surface area contributed by atoms with Crippen molar-refractivity contribution in [3.05, 3.63) is 29.8 Å². The van der Waals surface area contributed by atoms with Crippen molar-refractivity contribution in [2.24, 2.45) is 5.14 Å². The predicted octanol–water partition coefficient (Wildman–Crippen LogP) is 0.472. The summed E-state index contributed by atoms with van der Waals surface area (Å²) < 4.78 is 21.9. The third-order valence-electron chi connectivity index (χ3n) is 1.86. The van der Waals surface area contributed by atoms with Crippen molar-refractivity contribution in [1.82, 2.24) is 5.32 Å². The lowest BCUT2D eigenvalue weighted by atomic mass is 10.2. The van der Waals surface area contributed by atoms with E-state index in [2.05, 4.69) is 5.32 Å². The van der Waals surface area contributed by atoms with Crippen LogP contribution < -0.4 is 10.5 Å². The van der Waals surface area contributed by atoms with Gasteiger partial charge in [-0.3, -0.25) is 4.79 Å². The smallest absolute Gasteiger partial charge is 0.251 e. The van der Waals surface area contributed by atoms with Crippen LogP contribution in [-0.2, 0) is 10.0 Å². The van der Waals surface area contributed by atoms with Gasteiger partial charge in [0.25, 0.3) is 5.91 Å². The first-order chi connectivity index (χ1) is 7.30. The Morgan fingerprint density at radius 1 is 1.25 bits per heavy atom.